The first-order chi connectivity index (χ1) is 16.0. The number of hydrogen-bond donors (Lipinski definition) is 0. The summed E-state index contributed by atoms with van der Waals surface area (Å²) in [4.78, 5) is 13.3. The van der Waals surface area contributed by atoms with Crippen LogP contribution in [-0.4, -0.2) is 26.3 Å². The maximum atomic E-state index is 14.1. The highest BCUT2D eigenvalue weighted by atomic mass is 35.5. The van der Waals surface area contributed by atoms with E-state index in [0.29, 0.717) is 26.1 Å². The molecule has 33 heavy (non-hydrogen) atoms. The molecule has 2 bridgehead atoms. The standard InChI is InChI=1S/C24H25ClFN3O2S2/c1-14(17-11-15-6-7-16(17)10-15)29-23(12-31-20-5-3-2-4-18(20)26)27-28-24(29)32-13-19(30)21-8-9-22(25)33-21/h2-5,8-9,14-17H,6-7,10-13H2,1H3/t14-,15-,16+,17-/m1/s1. The molecule has 5 nitrogen and oxygen atoms in total. The third kappa shape index (κ3) is 4.84. The van der Waals surface area contributed by atoms with Gasteiger partial charge < -0.3 is 4.74 Å². The number of thiophene rings is 1. The molecule has 2 saturated carbocycles. The van der Waals surface area contributed by atoms with Crippen molar-refractivity contribution in [3.05, 3.63) is 57.3 Å². The quantitative estimate of drug-likeness (QED) is 0.240. The van der Waals surface area contributed by atoms with Crippen molar-refractivity contribution in [3.8, 4) is 5.75 Å². The highest BCUT2D eigenvalue weighted by molar-refractivity contribution is 7.99. The number of ether oxygens (including phenoxy) is 1. The molecular formula is C24H25ClFN3O2S2. The van der Waals surface area contributed by atoms with Gasteiger partial charge in [-0.3, -0.25) is 9.36 Å². The van der Waals surface area contributed by atoms with Crippen LogP contribution in [-0.2, 0) is 6.61 Å². The second-order valence-electron chi connectivity index (χ2n) is 8.88. The number of nitrogens with zero attached hydrogens (tertiary/aromatic N) is 3. The number of fused-ring (bicyclic) bond motifs is 2. The lowest BCUT2D eigenvalue weighted by Gasteiger charge is -2.30. The van der Waals surface area contributed by atoms with Gasteiger partial charge in [0.05, 0.1) is 15.0 Å². The van der Waals surface area contributed by atoms with Crippen molar-refractivity contribution in [3.63, 3.8) is 0 Å². The number of ketones is 1. The minimum Gasteiger partial charge on any atom is -0.483 e. The minimum absolute atomic E-state index is 0.0168. The van der Waals surface area contributed by atoms with E-state index in [2.05, 4.69) is 21.7 Å². The zero-order chi connectivity index (χ0) is 22.9. The normalized spacial score (nSPS) is 22.6. The molecule has 3 aromatic rings. The highest BCUT2D eigenvalue weighted by Gasteiger charge is 2.43. The summed E-state index contributed by atoms with van der Waals surface area (Å²) in [6.45, 7) is 2.33. The zero-order valence-corrected chi connectivity index (χ0v) is 20.6. The van der Waals surface area contributed by atoms with E-state index in [9.17, 15) is 9.18 Å². The van der Waals surface area contributed by atoms with Crippen LogP contribution in [0.3, 0.4) is 0 Å². The molecule has 5 rings (SSSR count). The number of carbonyl (C=O) groups excluding carboxylic acids is 1. The van der Waals surface area contributed by atoms with E-state index in [1.165, 1.54) is 54.8 Å². The maximum Gasteiger partial charge on any atom is 0.192 e. The van der Waals surface area contributed by atoms with E-state index >= 15 is 0 Å². The summed E-state index contributed by atoms with van der Waals surface area (Å²) in [7, 11) is 0. The molecule has 2 aromatic heterocycles. The van der Waals surface area contributed by atoms with Crippen molar-refractivity contribution in [2.45, 2.75) is 50.4 Å². The Balaban J connectivity index is 1.36. The Hall–Kier alpha value is -1.90. The lowest BCUT2D eigenvalue weighted by atomic mass is 9.84. The summed E-state index contributed by atoms with van der Waals surface area (Å²) in [5.74, 6) is 2.81. The third-order valence-corrected chi connectivity index (χ3v) is 9.14. The molecule has 0 unspecified atom stereocenters. The van der Waals surface area contributed by atoms with Crippen LogP contribution < -0.4 is 4.74 Å². The number of thioether (sulfide) groups is 1. The lowest BCUT2D eigenvalue weighted by Crippen LogP contribution is -2.24. The fourth-order valence-corrected chi connectivity index (χ4v) is 7.36. The van der Waals surface area contributed by atoms with Crippen LogP contribution in [0.2, 0.25) is 4.34 Å². The lowest BCUT2D eigenvalue weighted by molar-refractivity contribution is 0.102. The first-order valence-corrected chi connectivity index (χ1v) is 13.4. The first-order valence-electron chi connectivity index (χ1n) is 11.2. The van der Waals surface area contributed by atoms with Crippen LogP contribution in [0.25, 0.3) is 0 Å². The van der Waals surface area contributed by atoms with E-state index in [0.717, 1.165) is 11.8 Å². The van der Waals surface area contributed by atoms with Gasteiger partial charge in [-0.15, -0.1) is 21.5 Å². The second kappa shape index (κ2) is 9.76. The fourth-order valence-electron chi connectivity index (χ4n) is 5.36. The summed E-state index contributed by atoms with van der Waals surface area (Å²) < 4.78 is 22.5. The van der Waals surface area contributed by atoms with Crippen molar-refractivity contribution in [1.82, 2.24) is 14.8 Å². The van der Waals surface area contributed by atoms with Gasteiger partial charge in [-0.2, -0.15) is 0 Å². The molecular weight excluding hydrogens is 481 g/mol. The molecule has 4 atom stereocenters. The molecule has 2 aliphatic carbocycles. The van der Waals surface area contributed by atoms with E-state index in [1.54, 1.807) is 30.3 Å². The number of rotatable bonds is 9. The molecule has 0 N–H and O–H groups in total. The average molecular weight is 506 g/mol. The summed E-state index contributed by atoms with van der Waals surface area (Å²) in [6, 6.07) is 10.0. The summed E-state index contributed by atoms with van der Waals surface area (Å²) >= 11 is 8.66. The predicted molar refractivity (Wildman–Crippen MR) is 129 cm³/mol. The van der Waals surface area contributed by atoms with Crippen LogP contribution in [0, 0.1) is 23.6 Å². The molecule has 9 heteroatoms. The Kier molecular flexibility index (Phi) is 6.77. The number of carbonyl (C=O) groups is 1. The van der Waals surface area contributed by atoms with E-state index in [-0.39, 0.29) is 29.9 Å². The van der Waals surface area contributed by atoms with Gasteiger partial charge in [0.2, 0.25) is 0 Å². The summed E-state index contributed by atoms with van der Waals surface area (Å²) in [5.41, 5.74) is 0. The SMILES string of the molecule is C[C@H]([C@H]1C[C@@H]2CC[C@H]1C2)n1c(COc2ccccc2F)nnc1SCC(=O)c1ccc(Cl)s1. The third-order valence-electron chi connectivity index (χ3n) is 6.93. The second-order valence-corrected chi connectivity index (χ2v) is 11.5. The molecule has 174 valence electrons. The van der Waals surface area contributed by atoms with Gasteiger partial charge in [-0.1, -0.05) is 41.9 Å². The van der Waals surface area contributed by atoms with Gasteiger partial charge in [0, 0.05) is 6.04 Å². The molecule has 0 saturated heterocycles. The van der Waals surface area contributed by atoms with Crippen molar-refractivity contribution >= 4 is 40.5 Å². The fraction of sp³-hybridized carbons (Fsp3) is 0.458. The minimum atomic E-state index is -0.403. The average Bonchev–Trinajstić information content (AvgIpc) is 3.60. The van der Waals surface area contributed by atoms with Crippen LogP contribution in [0.4, 0.5) is 4.39 Å². The number of hydrogen-bond acceptors (Lipinski definition) is 6. The van der Waals surface area contributed by atoms with Gasteiger partial charge in [0.15, 0.2) is 28.3 Å². The van der Waals surface area contributed by atoms with Gasteiger partial charge >= 0.3 is 0 Å². The molecule has 2 aliphatic rings. The monoisotopic (exact) mass is 505 g/mol. The van der Waals surface area contributed by atoms with Gasteiger partial charge in [0.25, 0.3) is 0 Å². The van der Waals surface area contributed by atoms with Crippen molar-refractivity contribution in [1.29, 1.82) is 0 Å². The number of para-hydroxylation sites is 1. The molecule has 2 heterocycles. The number of aromatic nitrogens is 3. The Labute approximate surface area is 205 Å². The smallest absolute Gasteiger partial charge is 0.192 e. The van der Waals surface area contributed by atoms with Crippen molar-refractivity contribution in [2.75, 3.05) is 5.75 Å². The Morgan fingerprint density at radius 1 is 1.27 bits per heavy atom. The van der Waals surface area contributed by atoms with E-state index in [4.69, 9.17) is 16.3 Å². The molecule has 0 amide bonds. The molecule has 2 fully saturated rings. The van der Waals surface area contributed by atoms with Crippen LogP contribution in [0.15, 0.2) is 41.6 Å². The number of benzene rings is 1. The Bertz CT molecular complexity index is 1150. The Morgan fingerprint density at radius 3 is 2.82 bits per heavy atom. The van der Waals surface area contributed by atoms with E-state index < -0.39 is 5.82 Å². The highest BCUT2D eigenvalue weighted by Crippen LogP contribution is 2.52. The van der Waals surface area contributed by atoms with Crippen molar-refractivity contribution in [2.24, 2.45) is 17.8 Å². The molecule has 0 spiro atoms. The van der Waals surface area contributed by atoms with Gasteiger partial charge in [0.1, 0.15) is 6.61 Å². The number of halogens is 2. The van der Waals surface area contributed by atoms with E-state index in [1.807, 2.05) is 0 Å². The first kappa shape index (κ1) is 22.9. The van der Waals surface area contributed by atoms with Crippen LogP contribution in [0.5, 0.6) is 5.75 Å². The Morgan fingerprint density at radius 2 is 2.12 bits per heavy atom. The van der Waals surface area contributed by atoms with Crippen molar-refractivity contribution < 1.29 is 13.9 Å². The zero-order valence-electron chi connectivity index (χ0n) is 18.2. The summed E-state index contributed by atoms with van der Waals surface area (Å²) in [6.07, 6.45) is 5.13. The van der Waals surface area contributed by atoms with Crippen LogP contribution in [0.1, 0.15) is 54.1 Å². The topological polar surface area (TPSA) is 57.0 Å². The van der Waals surface area contributed by atoms with Gasteiger partial charge in [-0.05, 0) is 68.2 Å². The molecule has 0 aliphatic heterocycles. The van der Waals surface area contributed by atoms with Gasteiger partial charge in [-0.25, -0.2) is 4.39 Å². The predicted octanol–water partition coefficient (Wildman–Crippen LogP) is 6.68. The summed E-state index contributed by atoms with van der Waals surface area (Å²) in [5, 5.41) is 9.49. The maximum absolute atomic E-state index is 14.1. The molecule has 0 radical (unpaired) electrons. The number of Topliss-reactive ketones (excluding diaryl/α,β-unsaturated/α-hetero) is 1. The van der Waals surface area contributed by atoms with Crippen LogP contribution >= 0.6 is 34.7 Å². The largest absolute Gasteiger partial charge is 0.483 e. The molecule has 1 aromatic carbocycles.